The zero-order valence-corrected chi connectivity index (χ0v) is 18.2. The van der Waals surface area contributed by atoms with Crippen LogP contribution in [-0.2, 0) is 7.05 Å². The number of hydrogen-bond donors (Lipinski definition) is 2. The van der Waals surface area contributed by atoms with Gasteiger partial charge in [-0.15, -0.1) is 0 Å². The largest absolute Gasteiger partial charge is 0.396 e. The summed E-state index contributed by atoms with van der Waals surface area (Å²) in [6.07, 6.45) is 6.11. The first-order valence-corrected chi connectivity index (χ1v) is 11.0. The van der Waals surface area contributed by atoms with E-state index in [1.165, 1.54) is 0 Å². The van der Waals surface area contributed by atoms with Crippen molar-refractivity contribution in [2.45, 2.75) is 37.5 Å². The topological polar surface area (TPSA) is 85.6 Å². The van der Waals surface area contributed by atoms with E-state index in [2.05, 4.69) is 30.1 Å². The van der Waals surface area contributed by atoms with Crippen LogP contribution in [0, 0.1) is 6.92 Å². The highest BCUT2D eigenvalue weighted by molar-refractivity contribution is 5.57. The van der Waals surface area contributed by atoms with Crippen molar-refractivity contribution in [2.75, 3.05) is 56.1 Å². The van der Waals surface area contributed by atoms with Crippen LogP contribution in [0.5, 0.6) is 0 Å². The number of rotatable bonds is 6. The van der Waals surface area contributed by atoms with Crippen molar-refractivity contribution in [3.05, 3.63) is 24.2 Å². The van der Waals surface area contributed by atoms with Gasteiger partial charge in [-0.1, -0.05) is 0 Å². The Balaban J connectivity index is 1.30. The number of hydrogen-bond acceptors (Lipinski definition) is 8. The molecule has 0 aromatic carbocycles. The molecule has 0 amide bonds. The van der Waals surface area contributed by atoms with Crippen LogP contribution in [0.1, 0.15) is 18.4 Å². The minimum atomic E-state index is -0.703. The summed E-state index contributed by atoms with van der Waals surface area (Å²) in [5.41, 5.74) is 1.79. The lowest BCUT2D eigenvalue weighted by Crippen LogP contribution is -2.73. The van der Waals surface area contributed by atoms with Gasteiger partial charge in [-0.3, -0.25) is 14.5 Å². The molecule has 10 heteroatoms. The predicted molar refractivity (Wildman–Crippen MR) is 116 cm³/mol. The molecule has 9 nitrogen and oxygen atoms in total. The van der Waals surface area contributed by atoms with Gasteiger partial charge in [-0.05, 0) is 19.8 Å². The number of aryl methyl sites for hydroxylation is 2. The fourth-order valence-electron chi connectivity index (χ4n) is 5.38. The second kappa shape index (κ2) is 7.99. The number of aliphatic hydroxyl groups excluding tert-OH is 1. The van der Waals surface area contributed by atoms with Crippen molar-refractivity contribution in [2.24, 2.45) is 7.05 Å². The highest BCUT2D eigenvalue weighted by Gasteiger charge is 2.50. The first kappa shape index (κ1) is 20.6. The highest BCUT2D eigenvalue weighted by Crippen LogP contribution is 2.38. The Labute approximate surface area is 181 Å². The monoisotopic (exact) mass is 430 g/mol. The lowest BCUT2D eigenvalue weighted by atomic mass is 9.83. The maximum absolute atomic E-state index is 13.9. The number of anilines is 3. The first-order chi connectivity index (χ1) is 15.0. The summed E-state index contributed by atoms with van der Waals surface area (Å²) in [7, 11) is 1.87. The van der Waals surface area contributed by atoms with Crippen LogP contribution in [0.3, 0.4) is 0 Å². The summed E-state index contributed by atoms with van der Waals surface area (Å²) in [6, 6.07) is 0.296. The molecule has 2 N–H and O–H groups in total. The van der Waals surface area contributed by atoms with Gasteiger partial charge in [0.1, 0.15) is 12.0 Å². The van der Waals surface area contributed by atoms with E-state index in [1.807, 2.05) is 26.4 Å². The van der Waals surface area contributed by atoms with E-state index in [4.69, 9.17) is 4.98 Å². The van der Waals surface area contributed by atoms with Crippen LogP contribution in [-0.4, -0.2) is 98.3 Å². The van der Waals surface area contributed by atoms with E-state index >= 15 is 0 Å². The molecule has 0 radical (unpaired) electrons. The zero-order valence-electron chi connectivity index (χ0n) is 18.2. The van der Waals surface area contributed by atoms with Crippen molar-refractivity contribution in [3.63, 3.8) is 0 Å². The molecule has 0 saturated carbocycles. The Morgan fingerprint density at radius 2 is 2.10 bits per heavy atom. The lowest BCUT2D eigenvalue weighted by molar-refractivity contribution is -0.0160. The number of aliphatic hydroxyl groups is 1. The molecule has 5 rings (SSSR count). The Kier molecular flexibility index (Phi) is 5.31. The molecule has 2 atom stereocenters. The number of alkyl halides is 1. The summed E-state index contributed by atoms with van der Waals surface area (Å²) in [6.45, 7) is 7.08. The van der Waals surface area contributed by atoms with Crippen molar-refractivity contribution >= 4 is 17.5 Å². The molecule has 3 saturated heterocycles. The molecule has 3 aliphatic heterocycles. The Hall–Kier alpha value is -2.30. The van der Waals surface area contributed by atoms with Crippen LogP contribution in [0.15, 0.2) is 18.6 Å². The molecule has 2 aromatic heterocycles. The third-order valence-corrected chi connectivity index (χ3v) is 6.99. The fraction of sp³-hybridized carbons (Fsp3) is 0.667. The average molecular weight is 431 g/mol. The first-order valence-electron chi connectivity index (χ1n) is 11.0. The van der Waals surface area contributed by atoms with Crippen LogP contribution in [0.25, 0.3) is 0 Å². The third-order valence-electron chi connectivity index (χ3n) is 6.99. The Morgan fingerprint density at radius 3 is 2.84 bits per heavy atom. The summed E-state index contributed by atoms with van der Waals surface area (Å²) in [4.78, 5) is 16.2. The molecule has 31 heavy (non-hydrogen) atoms. The van der Waals surface area contributed by atoms with Crippen molar-refractivity contribution in [1.82, 2.24) is 29.5 Å². The molecular formula is C21H31FN8O. The van der Waals surface area contributed by atoms with Crippen LogP contribution >= 0.6 is 0 Å². The molecule has 3 fully saturated rings. The summed E-state index contributed by atoms with van der Waals surface area (Å²) >= 11 is 0. The second-order valence-corrected chi connectivity index (χ2v) is 9.21. The van der Waals surface area contributed by atoms with Gasteiger partial charge in [0.25, 0.3) is 0 Å². The number of nitrogens with one attached hydrogen (secondary N) is 1. The predicted octanol–water partition coefficient (Wildman–Crippen LogP) is 0.931. The van der Waals surface area contributed by atoms with Crippen molar-refractivity contribution in [3.8, 4) is 0 Å². The highest BCUT2D eigenvalue weighted by atomic mass is 19.1. The van der Waals surface area contributed by atoms with E-state index in [0.29, 0.717) is 25.0 Å². The molecule has 5 heterocycles. The van der Waals surface area contributed by atoms with Gasteiger partial charge >= 0.3 is 0 Å². The van der Waals surface area contributed by atoms with E-state index in [-0.39, 0.29) is 12.1 Å². The Bertz CT molecular complexity index is 930. The number of nitrogens with zero attached hydrogens (tertiary/aromatic N) is 7. The smallest absolute Gasteiger partial charge is 0.229 e. The van der Waals surface area contributed by atoms with Gasteiger partial charge in [0.2, 0.25) is 5.95 Å². The minimum Gasteiger partial charge on any atom is -0.396 e. The van der Waals surface area contributed by atoms with Crippen LogP contribution in [0.4, 0.5) is 21.8 Å². The maximum atomic E-state index is 13.9. The van der Waals surface area contributed by atoms with Crippen molar-refractivity contribution in [1.29, 1.82) is 0 Å². The van der Waals surface area contributed by atoms with E-state index in [1.54, 1.807) is 10.9 Å². The number of halogens is 1. The second-order valence-electron chi connectivity index (χ2n) is 9.21. The van der Waals surface area contributed by atoms with Crippen LogP contribution < -0.4 is 10.2 Å². The number of aromatic nitrogens is 4. The minimum absolute atomic E-state index is 0.0798. The molecule has 168 valence electrons. The quantitative estimate of drug-likeness (QED) is 0.700. The molecular weight excluding hydrogens is 399 g/mol. The third kappa shape index (κ3) is 3.88. The zero-order chi connectivity index (χ0) is 21.6. The Morgan fingerprint density at radius 1 is 1.26 bits per heavy atom. The van der Waals surface area contributed by atoms with E-state index in [0.717, 1.165) is 56.2 Å². The maximum Gasteiger partial charge on any atom is 0.229 e. The normalized spacial score (nSPS) is 26.0. The number of fused-ring (bicyclic) bond motifs is 1. The fourth-order valence-corrected chi connectivity index (χ4v) is 5.38. The molecule has 0 bridgehead atoms. The van der Waals surface area contributed by atoms with Gasteiger partial charge in [0.05, 0.1) is 17.4 Å². The van der Waals surface area contributed by atoms with Gasteiger partial charge in [0, 0.05) is 76.9 Å². The molecule has 0 aliphatic carbocycles. The van der Waals surface area contributed by atoms with Gasteiger partial charge < -0.3 is 15.3 Å². The standard InChI is InChI=1S/C21H31FN8O/c1-15-8-23-20(25-17-9-24-27(2)11-17)26-19(15)29-13-21(14-29,3-6-31)30-5-4-28-10-16(22)7-18(28)12-30/h8-9,11,16,18,31H,3-7,10,12-14H2,1-2H3,(H,23,25,26)/t16-,18+/m1/s1. The SMILES string of the molecule is Cc1cnc(Nc2cnn(C)c2)nc1N1CC(CCO)(N2CCN3C[C@H](F)C[C@H]3C2)C1. The molecule has 0 unspecified atom stereocenters. The van der Waals surface area contributed by atoms with Gasteiger partial charge in [-0.2, -0.15) is 10.1 Å². The average Bonchev–Trinajstić information content (AvgIpc) is 3.29. The molecule has 0 spiro atoms. The van der Waals surface area contributed by atoms with E-state index in [9.17, 15) is 9.50 Å². The molecule has 3 aliphatic rings. The van der Waals surface area contributed by atoms with Crippen LogP contribution in [0.2, 0.25) is 0 Å². The summed E-state index contributed by atoms with van der Waals surface area (Å²) < 4.78 is 15.6. The lowest BCUT2D eigenvalue weighted by Gasteiger charge is -2.59. The van der Waals surface area contributed by atoms with Crippen molar-refractivity contribution < 1.29 is 9.50 Å². The van der Waals surface area contributed by atoms with E-state index < -0.39 is 6.17 Å². The number of piperazine rings is 1. The molecule has 2 aromatic rings. The van der Waals surface area contributed by atoms with Gasteiger partial charge in [-0.25, -0.2) is 9.37 Å². The van der Waals surface area contributed by atoms with Gasteiger partial charge in [0.15, 0.2) is 0 Å². The summed E-state index contributed by atoms with van der Waals surface area (Å²) in [5.74, 6) is 1.46. The summed E-state index contributed by atoms with van der Waals surface area (Å²) in [5, 5.41) is 17.2.